The summed E-state index contributed by atoms with van der Waals surface area (Å²) >= 11 is 1.70. The van der Waals surface area contributed by atoms with Gasteiger partial charge in [-0.1, -0.05) is 18.2 Å². The number of nitrogens with zero attached hydrogens (tertiary/aromatic N) is 1. The molecule has 0 saturated heterocycles. The van der Waals surface area contributed by atoms with E-state index in [9.17, 15) is 8.78 Å². The van der Waals surface area contributed by atoms with Gasteiger partial charge in [-0.05, 0) is 30.2 Å². The largest absolute Gasteiger partial charge is 0.341 e. The molecule has 1 atom stereocenters. The first-order valence-corrected chi connectivity index (χ1v) is 7.18. The molecule has 0 radical (unpaired) electrons. The van der Waals surface area contributed by atoms with E-state index in [1.807, 2.05) is 12.1 Å². The Bertz CT molecular complexity index is 788. The highest BCUT2D eigenvalue weighted by Crippen LogP contribution is 2.45. The molecule has 0 aliphatic carbocycles. The molecule has 0 fully saturated rings. The lowest BCUT2D eigenvalue weighted by atomic mass is 10.1. The lowest BCUT2D eigenvalue weighted by molar-refractivity contribution is 0.515. The van der Waals surface area contributed by atoms with Crippen molar-refractivity contribution in [3.05, 3.63) is 59.4 Å². The quantitative estimate of drug-likeness (QED) is 0.726. The summed E-state index contributed by atoms with van der Waals surface area (Å²) < 4.78 is 26.9. The van der Waals surface area contributed by atoms with E-state index in [2.05, 4.69) is 22.1 Å². The van der Waals surface area contributed by atoms with E-state index in [1.54, 1.807) is 11.8 Å². The van der Waals surface area contributed by atoms with Gasteiger partial charge in [-0.15, -0.1) is 11.8 Å². The third kappa shape index (κ3) is 1.73. The Balaban J connectivity index is 1.76. The average Bonchev–Trinajstić information content (AvgIpc) is 3.06. The topological polar surface area (TPSA) is 28.7 Å². The number of thioether (sulfide) groups is 1. The van der Waals surface area contributed by atoms with Crippen LogP contribution in [0.2, 0.25) is 0 Å². The normalized spacial score (nSPS) is 17.6. The summed E-state index contributed by atoms with van der Waals surface area (Å²) in [6, 6.07) is 10.8. The highest BCUT2D eigenvalue weighted by molar-refractivity contribution is 7.99. The Morgan fingerprint density at radius 2 is 2.00 bits per heavy atom. The number of imidazole rings is 1. The molecule has 100 valence electrons. The van der Waals surface area contributed by atoms with Gasteiger partial charge in [0.15, 0.2) is 11.6 Å². The lowest BCUT2D eigenvalue weighted by Gasteiger charge is -2.02. The maximum atomic E-state index is 13.7. The second-order valence-corrected chi connectivity index (χ2v) is 6.04. The predicted molar refractivity (Wildman–Crippen MR) is 74.8 cm³/mol. The highest BCUT2D eigenvalue weighted by atomic mass is 32.2. The molecular formula is C15H10F2N2S. The van der Waals surface area contributed by atoms with Gasteiger partial charge in [-0.2, -0.15) is 0 Å². The van der Waals surface area contributed by atoms with Crippen molar-refractivity contribution >= 4 is 22.8 Å². The Hall–Kier alpha value is -1.88. The zero-order chi connectivity index (χ0) is 13.7. The molecular weight excluding hydrogens is 278 g/mol. The summed E-state index contributed by atoms with van der Waals surface area (Å²) in [6.07, 6.45) is 0.852. The van der Waals surface area contributed by atoms with Crippen molar-refractivity contribution in [2.24, 2.45) is 0 Å². The Morgan fingerprint density at radius 1 is 1.15 bits per heavy atom. The van der Waals surface area contributed by atoms with E-state index in [0.29, 0.717) is 11.3 Å². The van der Waals surface area contributed by atoms with Crippen LogP contribution in [0.4, 0.5) is 8.78 Å². The molecule has 0 bridgehead atoms. The summed E-state index contributed by atoms with van der Waals surface area (Å²) in [5, 5.41) is 0.127. The number of fused-ring (bicyclic) bond motifs is 2. The van der Waals surface area contributed by atoms with E-state index in [0.717, 1.165) is 12.5 Å². The maximum Gasteiger partial charge on any atom is 0.186 e. The molecule has 0 saturated carbocycles. The van der Waals surface area contributed by atoms with E-state index in [1.165, 1.54) is 16.5 Å². The number of hydrogen-bond acceptors (Lipinski definition) is 2. The van der Waals surface area contributed by atoms with Crippen molar-refractivity contribution in [3.8, 4) is 0 Å². The number of rotatable bonds is 1. The highest BCUT2D eigenvalue weighted by Gasteiger charge is 2.26. The van der Waals surface area contributed by atoms with Crippen LogP contribution in [0.3, 0.4) is 0 Å². The van der Waals surface area contributed by atoms with Crippen LogP contribution in [-0.4, -0.2) is 9.97 Å². The second kappa shape index (κ2) is 4.31. The molecule has 20 heavy (non-hydrogen) atoms. The van der Waals surface area contributed by atoms with Gasteiger partial charge >= 0.3 is 0 Å². The molecule has 5 heteroatoms. The minimum Gasteiger partial charge on any atom is -0.341 e. The molecule has 1 unspecified atom stereocenters. The van der Waals surface area contributed by atoms with Crippen molar-refractivity contribution < 1.29 is 8.78 Å². The third-order valence-electron chi connectivity index (χ3n) is 3.52. The lowest BCUT2D eigenvalue weighted by Crippen LogP contribution is -1.94. The van der Waals surface area contributed by atoms with Crippen LogP contribution in [0.25, 0.3) is 11.0 Å². The number of H-pyrrole nitrogens is 1. The fourth-order valence-electron chi connectivity index (χ4n) is 2.52. The average molecular weight is 288 g/mol. The van der Waals surface area contributed by atoms with Gasteiger partial charge in [0.1, 0.15) is 11.3 Å². The van der Waals surface area contributed by atoms with Crippen molar-refractivity contribution in [2.45, 2.75) is 16.6 Å². The van der Waals surface area contributed by atoms with E-state index in [4.69, 9.17) is 0 Å². The van der Waals surface area contributed by atoms with E-state index >= 15 is 0 Å². The maximum absolute atomic E-state index is 13.7. The zero-order valence-corrected chi connectivity index (χ0v) is 11.2. The minimum atomic E-state index is -0.884. The second-order valence-electron chi connectivity index (χ2n) is 4.80. The van der Waals surface area contributed by atoms with Crippen molar-refractivity contribution in [2.75, 3.05) is 0 Å². The monoisotopic (exact) mass is 288 g/mol. The van der Waals surface area contributed by atoms with Crippen molar-refractivity contribution in [1.29, 1.82) is 0 Å². The summed E-state index contributed by atoms with van der Waals surface area (Å²) in [6.45, 7) is 0. The fourth-order valence-corrected chi connectivity index (χ4v) is 3.78. The van der Waals surface area contributed by atoms with Gasteiger partial charge in [-0.3, -0.25) is 0 Å². The standard InChI is InChI=1S/C15H10F2N2S/c16-9-5-6-10-14(13(9)17)19-15(18-10)12-7-8-3-1-2-4-11(8)20-12/h1-6,12H,7H2,(H,18,19). The number of halogens is 2. The molecule has 1 N–H and O–H groups in total. The fraction of sp³-hybridized carbons (Fsp3) is 0.133. The number of nitrogens with one attached hydrogen (secondary N) is 1. The molecule has 3 aromatic rings. The van der Waals surface area contributed by atoms with Crippen molar-refractivity contribution in [3.63, 3.8) is 0 Å². The summed E-state index contributed by atoms with van der Waals surface area (Å²) in [7, 11) is 0. The molecule has 1 aromatic heterocycles. The first kappa shape index (κ1) is 11.9. The summed E-state index contributed by atoms with van der Waals surface area (Å²) in [5.41, 5.74) is 1.89. The number of benzene rings is 2. The van der Waals surface area contributed by atoms with Gasteiger partial charge in [0.25, 0.3) is 0 Å². The third-order valence-corrected chi connectivity index (χ3v) is 4.84. The van der Waals surface area contributed by atoms with Gasteiger partial charge < -0.3 is 4.98 Å². The Labute approximate surface area is 118 Å². The zero-order valence-electron chi connectivity index (χ0n) is 10.4. The minimum absolute atomic E-state index is 0.0801. The van der Waals surface area contributed by atoms with Crippen LogP contribution >= 0.6 is 11.8 Å². The van der Waals surface area contributed by atoms with Crippen LogP contribution < -0.4 is 0 Å². The van der Waals surface area contributed by atoms with E-state index < -0.39 is 11.6 Å². The molecule has 2 nitrogen and oxygen atoms in total. The van der Waals surface area contributed by atoms with Gasteiger partial charge in [0, 0.05) is 4.90 Å². The molecule has 0 amide bonds. The molecule has 1 aliphatic rings. The number of aromatic nitrogens is 2. The van der Waals surface area contributed by atoms with Gasteiger partial charge in [0.05, 0.1) is 10.8 Å². The molecule has 1 aliphatic heterocycles. The van der Waals surface area contributed by atoms with Crippen LogP contribution in [-0.2, 0) is 6.42 Å². The smallest absolute Gasteiger partial charge is 0.186 e. The van der Waals surface area contributed by atoms with Crippen LogP contribution in [0, 0.1) is 11.6 Å². The molecule has 2 heterocycles. The molecule has 0 spiro atoms. The molecule has 2 aromatic carbocycles. The SMILES string of the molecule is Fc1ccc2[nH]c(C3Cc4ccccc4S3)nc2c1F. The molecule has 4 rings (SSSR count). The Morgan fingerprint density at radius 3 is 2.85 bits per heavy atom. The first-order valence-electron chi connectivity index (χ1n) is 6.30. The summed E-state index contributed by atoms with van der Waals surface area (Å²) in [4.78, 5) is 8.58. The van der Waals surface area contributed by atoms with Crippen LogP contribution in [0.5, 0.6) is 0 Å². The van der Waals surface area contributed by atoms with Gasteiger partial charge in [-0.25, -0.2) is 13.8 Å². The van der Waals surface area contributed by atoms with E-state index in [-0.39, 0.29) is 10.8 Å². The van der Waals surface area contributed by atoms with Gasteiger partial charge in [0.2, 0.25) is 0 Å². The summed E-state index contributed by atoms with van der Waals surface area (Å²) in [5.74, 6) is -1.05. The first-order chi connectivity index (χ1) is 9.72. The Kier molecular flexibility index (Phi) is 2.57. The number of aromatic amines is 1. The predicted octanol–water partition coefficient (Wildman–Crippen LogP) is 4.23. The van der Waals surface area contributed by atoms with Crippen LogP contribution in [0.15, 0.2) is 41.3 Å². The van der Waals surface area contributed by atoms with Crippen molar-refractivity contribution in [1.82, 2.24) is 9.97 Å². The van der Waals surface area contributed by atoms with Crippen LogP contribution in [0.1, 0.15) is 16.6 Å². The number of hydrogen-bond donors (Lipinski definition) is 1.